The molecule has 8 heteroatoms. The van der Waals surface area contributed by atoms with Crippen molar-refractivity contribution in [2.75, 3.05) is 10.5 Å². The molecule has 6 nitrogen and oxygen atoms in total. The van der Waals surface area contributed by atoms with Crippen LogP contribution in [0.3, 0.4) is 0 Å². The van der Waals surface area contributed by atoms with Gasteiger partial charge >= 0.3 is 0 Å². The quantitative estimate of drug-likeness (QED) is 0.323. The van der Waals surface area contributed by atoms with Gasteiger partial charge in [0.1, 0.15) is 5.82 Å². The number of nitrogens with one attached hydrogen (secondary N) is 1. The highest BCUT2D eigenvalue weighted by molar-refractivity contribution is 7.92. The van der Waals surface area contributed by atoms with Crippen molar-refractivity contribution in [2.45, 2.75) is 13.3 Å². The molecule has 0 saturated heterocycles. The highest BCUT2D eigenvalue weighted by atomic mass is 32.2. The predicted molar refractivity (Wildman–Crippen MR) is 66.6 cm³/mol. The van der Waals surface area contributed by atoms with Gasteiger partial charge in [-0.3, -0.25) is 4.72 Å². The van der Waals surface area contributed by atoms with Gasteiger partial charge in [0.25, 0.3) is 0 Å². The second-order valence-electron chi connectivity index (χ2n) is 3.60. The molecule has 0 aliphatic carbocycles. The Labute approximate surface area is 104 Å². The van der Waals surface area contributed by atoms with Gasteiger partial charge < -0.3 is 10.9 Å². The molecule has 100 valence electrons. The second-order valence-corrected chi connectivity index (χ2v) is 5.44. The van der Waals surface area contributed by atoms with Crippen LogP contribution in [0.5, 0.6) is 0 Å². The standard InChI is InChI=1S/C10H14FN3O3S/c1-2-5-18(16,17)14-9-4-3-7(11)6-8(9)10(12)13-15/h3-4,6,14-15H,2,5H2,1H3,(H2,12,13). The number of hydrogen-bond donors (Lipinski definition) is 3. The molecule has 0 amide bonds. The van der Waals surface area contributed by atoms with Gasteiger partial charge in [-0.15, -0.1) is 0 Å². The fourth-order valence-electron chi connectivity index (χ4n) is 1.36. The van der Waals surface area contributed by atoms with Gasteiger partial charge in [-0.05, 0) is 24.6 Å². The van der Waals surface area contributed by atoms with E-state index in [2.05, 4.69) is 9.88 Å². The Bertz CT molecular complexity index is 557. The van der Waals surface area contributed by atoms with Crippen LogP contribution in [0.2, 0.25) is 0 Å². The predicted octanol–water partition coefficient (Wildman–Crippen LogP) is 1.07. The molecule has 0 unspecified atom stereocenters. The Morgan fingerprint density at radius 3 is 2.78 bits per heavy atom. The molecule has 0 fully saturated rings. The number of halogens is 1. The molecule has 1 aromatic carbocycles. The number of sulfonamides is 1. The minimum absolute atomic E-state index is 0.0165. The number of rotatable bonds is 5. The Balaban J connectivity index is 3.17. The molecule has 0 aliphatic heterocycles. The maximum Gasteiger partial charge on any atom is 0.232 e. The highest BCUT2D eigenvalue weighted by Gasteiger charge is 2.14. The fraction of sp³-hybridized carbons (Fsp3) is 0.300. The van der Waals surface area contributed by atoms with Crippen LogP contribution in [0.15, 0.2) is 23.4 Å². The molecule has 1 rings (SSSR count). The summed E-state index contributed by atoms with van der Waals surface area (Å²) >= 11 is 0. The van der Waals surface area contributed by atoms with E-state index in [0.29, 0.717) is 6.42 Å². The summed E-state index contributed by atoms with van der Waals surface area (Å²) in [7, 11) is -3.53. The van der Waals surface area contributed by atoms with E-state index in [4.69, 9.17) is 10.9 Å². The molecule has 0 atom stereocenters. The van der Waals surface area contributed by atoms with Gasteiger partial charge in [-0.1, -0.05) is 12.1 Å². The lowest BCUT2D eigenvalue weighted by atomic mass is 10.1. The molecular formula is C10H14FN3O3S. The van der Waals surface area contributed by atoms with Crippen LogP contribution in [0.4, 0.5) is 10.1 Å². The second kappa shape index (κ2) is 5.67. The first-order valence-electron chi connectivity index (χ1n) is 5.17. The third kappa shape index (κ3) is 3.59. The number of hydrogen-bond acceptors (Lipinski definition) is 4. The zero-order valence-corrected chi connectivity index (χ0v) is 10.5. The highest BCUT2D eigenvalue weighted by Crippen LogP contribution is 2.18. The summed E-state index contributed by atoms with van der Waals surface area (Å²) < 4.78 is 38.5. The average molecular weight is 275 g/mol. The molecule has 0 heterocycles. The van der Waals surface area contributed by atoms with Crippen molar-refractivity contribution in [1.29, 1.82) is 0 Å². The lowest BCUT2D eigenvalue weighted by Crippen LogP contribution is -2.21. The van der Waals surface area contributed by atoms with Crippen LogP contribution in [-0.2, 0) is 10.0 Å². The van der Waals surface area contributed by atoms with Gasteiger partial charge in [0, 0.05) is 5.56 Å². The SMILES string of the molecule is CCCS(=O)(=O)Nc1ccc(F)cc1/C(N)=N/O. The molecule has 0 saturated carbocycles. The van der Waals surface area contributed by atoms with E-state index >= 15 is 0 Å². The third-order valence-electron chi connectivity index (χ3n) is 2.10. The summed E-state index contributed by atoms with van der Waals surface area (Å²) in [5.74, 6) is -1.06. The monoisotopic (exact) mass is 275 g/mol. The first-order chi connectivity index (χ1) is 8.39. The van der Waals surface area contributed by atoms with Crippen LogP contribution >= 0.6 is 0 Å². The lowest BCUT2D eigenvalue weighted by molar-refractivity contribution is 0.318. The topological polar surface area (TPSA) is 105 Å². The van der Waals surface area contributed by atoms with Crippen molar-refractivity contribution in [3.05, 3.63) is 29.6 Å². The van der Waals surface area contributed by atoms with E-state index in [1.54, 1.807) is 6.92 Å². The Morgan fingerprint density at radius 2 is 2.22 bits per heavy atom. The lowest BCUT2D eigenvalue weighted by Gasteiger charge is -2.11. The van der Waals surface area contributed by atoms with Crippen LogP contribution in [-0.4, -0.2) is 25.2 Å². The summed E-state index contributed by atoms with van der Waals surface area (Å²) in [6.45, 7) is 1.72. The van der Waals surface area contributed by atoms with E-state index in [9.17, 15) is 12.8 Å². The largest absolute Gasteiger partial charge is 0.409 e. The Hall–Kier alpha value is -1.83. The molecule has 18 heavy (non-hydrogen) atoms. The Morgan fingerprint density at radius 1 is 1.56 bits per heavy atom. The van der Waals surface area contributed by atoms with Gasteiger partial charge in [-0.25, -0.2) is 12.8 Å². The Kier molecular flexibility index (Phi) is 4.49. The van der Waals surface area contributed by atoms with Crippen LogP contribution in [0.1, 0.15) is 18.9 Å². The van der Waals surface area contributed by atoms with Crippen molar-refractivity contribution >= 4 is 21.5 Å². The molecule has 0 aliphatic rings. The van der Waals surface area contributed by atoms with E-state index in [1.165, 1.54) is 6.07 Å². The molecule has 0 radical (unpaired) electrons. The van der Waals surface area contributed by atoms with Crippen molar-refractivity contribution in [3.63, 3.8) is 0 Å². The average Bonchev–Trinajstić information content (AvgIpc) is 2.30. The van der Waals surface area contributed by atoms with Crippen molar-refractivity contribution < 1.29 is 18.0 Å². The van der Waals surface area contributed by atoms with Crippen molar-refractivity contribution in [3.8, 4) is 0 Å². The van der Waals surface area contributed by atoms with E-state index in [0.717, 1.165) is 12.1 Å². The smallest absolute Gasteiger partial charge is 0.232 e. The molecule has 4 N–H and O–H groups in total. The minimum Gasteiger partial charge on any atom is -0.409 e. The number of nitrogens with two attached hydrogens (primary N) is 1. The third-order valence-corrected chi connectivity index (χ3v) is 3.58. The maximum atomic E-state index is 13.1. The molecule has 0 aromatic heterocycles. The van der Waals surface area contributed by atoms with Crippen LogP contribution in [0, 0.1) is 5.82 Å². The summed E-state index contributed by atoms with van der Waals surface area (Å²) in [5.41, 5.74) is 5.41. The van der Waals surface area contributed by atoms with E-state index in [-0.39, 0.29) is 22.8 Å². The first kappa shape index (κ1) is 14.2. The molecule has 0 spiro atoms. The number of anilines is 1. The van der Waals surface area contributed by atoms with E-state index in [1.807, 2.05) is 0 Å². The summed E-state index contributed by atoms with van der Waals surface area (Å²) in [6, 6.07) is 3.28. The molecule has 1 aromatic rings. The van der Waals surface area contributed by atoms with Crippen molar-refractivity contribution in [2.24, 2.45) is 10.9 Å². The summed E-state index contributed by atoms with van der Waals surface area (Å²) in [6.07, 6.45) is 0.440. The molecule has 0 bridgehead atoms. The van der Waals surface area contributed by atoms with Crippen LogP contribution in [0.25, 0.3) is 0 Å². The minimum atomic E-state index is -3.53. The van der Waals surface area contributed by atoms with E-state index < -0.39 is 15.8 Å². The van der Waals surface area contributed by atoms with Gasteiger partial charge in [0.15, 0.2) is 5.84 Å². The summed E-state index contributed by atoms with van der Waals surface area (Å²) in [4.78, 5) is 0. The number of oxime groups is 1. The first-order valence-corrected chi connectivity index (χ1v) is 6.82. The zero-order chi connectivity index (χ0) is 13.8. The van der Waals surface area contributed by atoms with Crippen LogP contribution < -0.4 is 10.5 Å². The number of benzene rings is 1. The van der Waals surface area contributed by atoms with Gasteiger partial charge in [0.05, 0.1) is 11.4 Å². The number of nitrogens with zero attached hydrogens (tertiary/aromatic N) is 1. The normalized spacial score (nSPS) is 12.4. The molecular weight excluding hydrogens is 261 g/mol. The maximum absolute atomic E-state index is 13.1. The van der Waals surface area contributed by atoms with Crippen molar-refractivity contribution in [1.82, 2.24) is 0 Å². The van der Waals surface area contributed by atoms with Gasteiger partial charge in [0.2, 0.25) is 10.0 Å². The summed E-state index contributed by atoms with van der Waals surface area (Å²) in [5, 5.41) is 11.3. The fourth-order valence-corrected chi connectivity index (χ4v) is 2.51. The number of amidine groups is 1. The van der Waals surface area contributed by atoms with Gasteiger partial charge in [-0.2, -0.15) is 0 Å². The zero-order valence-electron chi connectivity index (χ0n) is 9.72.